The van der Waals surface area contributed by atoms with Crippen LogP contribution in [0.5, 0.6) is 5.75 Å². The first-order valence-electron chi connectivity index (χ1n) is 6.32. The molecule has 1 amide bonds. The minimum absolute atomic E-state index is 0.0454. The number of hydrogen-bond acceptors (Lipinski definition) is 3. The lowest BCUT2D eigenvalue weighted by Crippen LogP contribution is -2.14. The monoisotopic (exact) mass is 285 g/mol. The maximum Gasteiger partial charge on any atom is 0.224 e. The summed E-state index contributed by atoms with van der Waals surface area (Å²) in [6.45, 7) is 5.49. The predicted molar refractivity (Wildman–Crippen MR) is 76.8 cm³/mol. The first kappa shape index (κ1) is 15.8. The first-order valence-corrected chi connectivity index (χ1v) is 6.70. The number of rotatable bonds is 6. The smallest absolute Gasteiger partial charge is 0.224 e. The molecule has 1 aromatic carbocycles. The van der Waals surface area contributed by atoms with E-state index in [1.54, 1.807) is 25.1 Å². The molecule has 0 aliphatic carbocycles. The third kappa shape index (κ3) is 5.94. The number of aliphatic hydroxyl groups is 1. The van der Waals surface area contributed by atoms with Crippen molar-refractivity contribution in [3.63, 3.8) is 0 Å². The Balaban J connectivity index is 2.60. The van der Waals surface area contributed by atoms with Crippen molar-refractivity contribution in [3.05, 3.63) is 23.2 Å². The first-order chi connectivity index (χ1) is 8.88. The summed E-state index contributed by atoms with van der Waals surface area (Å²) in [5.74, 6) is 0.452. The van der Waals surface area contributed by atoms with Gasteiger partial charge in [-0.15, -0.1) is 0 Å². The maximum atomic E-state index is 11.6. The van der Waals surface area contributed by atoms with Crippen LogP contribution in [-0.4, -0.2) is 23.2 Å². The quantitative estimate of drug-likeness (QED) is 0.844. The fraction of sp³-hybridized carbons (Fsp3) is 0.500. The molecule has 1 aromatic rings. The molecule has 1 rings (SSSR count). The second-order valence-electron chi connectivity index (χ2n) is 4.75. The molecule has 0 spiro atoms. The van der Waals surface area contributed by atoms with Gasteiger partial charge in [0.1, 0.15) is 5.75 Å². The fourth-order valence-corrected chi connectivity index (χ4v) is 1.72. The van der Waals surface area contributed by atoms with Gasteiger partial charge in [-0.05, 0) is 45.4 Å². The predicted octanol–water partition coefficient (Wildman–Crippen LogP) is 3.23. The number of nitrogens with one attached hydrogen (secondary N) is 1. The van der Waals surface area contributed by atoms with Crippen molar-refractivity contribution < 1.29 is 14.6 Å². The molecule has 0 bridgehead atoms. The van der Waals surface area contributed by atoms with Gasteiger partial charge in [-0.2, -0.15) is 0 Å². The van der Waals surface area contributed by atoms with Gasteiger partial charge in [0.05, 0.1) is 17.2 Å². The Morgan fingerprint density at radius 1 is 1.42 bits per heavy atom. The van der Waals surface area contributed by atoms with Crippen LogP contribution in [0.25, 0.3) is 0 Å². The van der Waals surface area contributed by atoms with Crippen LogP contribution in [0.15, 0.2) is 18.2 Å². The molecular formula is C14H20ClNO3. The Labute approximate surface area is 118 Å². The van der Waals surface area contributed by atoms with E-state index in [-0.39, 0.29) is 18.4 Å². The standard InChI is InChI=1S/C14H20ClNO3/c1-9(2)19-13-6-5-11(8-12(13)15)16-14(18)7-4-10(3)17/h5-6,8-10,17H,4,7H2,1-3H3,(H,16,18). The highest BCUT2D eigenvalue weighted by atomic mass is 35.5. The van der Waals surface area contributed by atoms with Crippen LogP contribution in [0.4, 0.5) is 5.69 Å². The summed E-state index contributed by atoms with van der Waals surface area (Å²) in [5, 5.41) is 12.3. The normalized spacial score (nSPS) is 12.3. The van der Waals surface area contributed by atoms with Gasteiger partial charge in [-0.3, -0.25) is 4.79 Å². The minimum Gasteiger partial charge on any atom is -0.489 e. The summed E-state index contributed by atoms with van der Waals surface area (Å²) in [5.41, 5.74) is 0.622. The Morgan fingerprint density at radius 2 is 2.11 bits per heavy atom. The van der Waals surface area contributed by atoms with Crippen LogP contribution in [0.3, 0.4) is 0 Å². The van der Waals surface area contributed by atoms with E-state index in [2.05, 4.69) is 5.32 Å². The van der Waals surface area contributed by atoms with Crippen LogP contribution in [0.1, 0.15) is 33.6 Å². The van der Waals surface area contributed by atoms with Crippen molar-refractivity contribution >= 4 is 23.2 Å². The van der Waals surface area contributed by atoms with Crippen molar-refractivity contribution in [2.75, 3.05) is 5.32 Å². The average Bonchev–Trinajstić information content (AvgIpc) is 2.29. The van der Waals surface area contributed by atoms with Gasteiger partial charge in [0.25, 0.3) is 0 Å². The molecule has 2 N–H and O–H groups in total. The van der Waals surface area contributed by atoms with E-state index < -0.39 is 6.10 Å². The number of aliphatic hydroxyl groups excluding tert-OH is 1. The third-order valence-electron chi connectivity index (χ3n) is 2.37. The van der Waals surface area contributed by atoms with E-state index >= 15 is 0 Å². The Hall–Kier alpha value is -1.26. The van der Waals surface area contributed by atoms with Gasteiger partial charge in [-0.25, -0.2) is 0 Å². The molecule has 0 heterocycles. The van der Waals surface area contributed by atoms with Crippen LogP contribution >= 0.6 is 11.6 Å². The Bertz CT molecular complexity index is 433. The lowest BCUT2D eigenvalue weighted by Gasteiger charge is -2.13. The van der Waals surface area contributed by atoms with E-state index in [0.29, 0.717) is 22.9 Å². The number of carbonyl (C=O) groups excluding carboxylic acids is 1. The summed E-state index contributed by atoms with van der Waals surface area (Å²) < 4.78 is 5.51. The molecule has 0 radical (unpaired) electrons. The summed E-state index contributed by atoms with van der Waals surface area (Å²) in [7, 11) is 0. The largest absolute Gasteiger partial charge is 0.489 e. The lowest BCUT2D eigenvalue weighted by atomic mass is 10.2. The molecule has 1 atom stereocenters. The average molecular weight is 286 g/mol. The third-order valence-corrected chi connectivity index (χ3v) is 2.66. The van der Waals surface area contributed by atoms with E-state index in [9.17, 15) is 4.79 Å². The van der Waals surface area contributed by atoms with Gasteiger partial charge < -0.3 is 15.2 Å². The maximum absolute atomic E-state index is 11.6. The highest BCUT2D eigenvalue weighted by Crippen LogP contribution is 2.28. The summed E-state index contributed by atoms with van der Waals surface area (Å²) >= 11 is 6.07. The van der Waals surface area contributed by atoms with Crippen molar-refractivity contribution in [1.82, 2.24) is 0 Å². The van der Waals surface area contributed by atoms with Gasteiger partial charge in [0.15, 0.2) is 0 Å². The highest BCUT2D eigenvalue weighted by molar-refractivity contribution is 6.32. The van der Waals surface area contributed by atoms with Gasteiger partial charge >= 0.3 is 0 Å². The van der Waals surface area contributed by atoms with Crippen LogP contribution < -0.4 is 10.1 Å². The molecule has 0 saturated carbocycles. The zero-order chi connectivity index (χ0) is 14.4. The second-order valence-corrected chi connectivity index (χ2v) is 5.15. The van der Waals surface area contributed by atoms with E-state index in [1.807, 2.05) is 13.8 Å². The topological polar surface area (TPSA) is 58.6 Å². The zero-order valence-corrected chi connectivity index (χ0v) is 12.2. The van der Waals surface area contributed by atoms with E-state index in [1.165, 1.54) is 0 Å². The SMILES string of the molecule is CC(O)CCC(=O)Nc1ccc(OC(C)C)c(Cl)c1. The molecule has 0 fully saturated rings. The molecule has 0 aromatic heterocycles. The summed E-state index contributed by atoms with van der Waals surface area (Å²) in [6.07, 6.45) is 0.285. The molecule has 0 aliphatic rings. The van der Waals surface area contributed by atoms with Gasteiger partial charge in [0, 0.05) is 12.1 Å². The Morgan fingerprint density at radius 3 is 2.63 bits per heavy atom. The molecule has 1 unspecified atom stereocenters. The highest BCUT2D eigenvalue weighted by Gasteiger charge is 2.08. The zero-order valence-electron chi connectivity index (χ0n) is 11.4. The van der Waals surface area contributed by atoms with Crippen LogP contribution in [0.2, 0.25) is 5.02 Å². The van der Waals surface area contributed by atoms with Gasteiger partial charge in [0.2, 0.25) is 5.91 Å². The van der Waals surface area contributed by atoms with Crippen molar-refractivity contribution in [2.24, 2.45) is 0 Å². The second kappa shape index (κ2) is 7.36. The molecule has 4 nitrogen and oxygen atoms in total. The van der Waals surface area contributed by atoms with Crippen LogP contribution in [-0.2, 0) is 4.79 Å². The lowest BCUT2D eigenvalue weighted by molar-refractivity contribution is -0.116. The molecule has 5 heteroatoms. The van der Waals surface area contributed by atoms with Crippen molar-refractivity contribution in [1.29, 1.82) is 0 Å². The number of benzene rings is 1. The van der Waals surface area contributed by atoms with E-state index in [4.69, 9.17) is 21.4 Å². The molecule has 0 aliphatic heterocycles. The molecular weight excluding hydrogens is 266 g/mol. The number of ether oxygens (including phenoxy) is 1. The van der Waals surface area contributed by atoms with E-state index in [0.717, 1.165) is 0 Å². The molecule has 106 valence electrons. The number of hydrogen-bond donors (Lipinski definition) is 2. The fourth-order valence-electron chi connectivity index (χ4n) is 1.49. The van der Waals surface area contributed by atoms with Crippen molar-refractivity contribution in [3.8, 4) is 5.75 Å². The number of halogens is 1. The summed E-state index contributed by atoms with van der Waals surface area (Å²) in [6, 6.07) is 5.12. The number of carbonyl (C=O) groups is 1. The minimum atomic E-state index is -0.476. The van der Waals surface area contributed by atoms with Crippen LogP contribution in [0, 0.1) is 0 Å². The molecule has 19 heavy (non-hydrogen) atoms. The number of amides is 1. The summed E-state index contributed by atoms with van der Waals surface area (Å²) in [4.78, 5) is 11.6. The Kier molecular flexibility index (Phi) is 6.12. The molecule has 0 saturated heterocycles. The van der Waals surface area contributed by atoms with Gasteiger partial charge in [-0.1, -0.05) is 11.6 Å². The van der Waals surface area contributed by atoms with Crippen molar-refractivity contribution in [2.45, 2.75) is 45.8 Å². The number of anilines is 1.